The molecular formula is C16H20N2O4. The molecule has 2 rings (SSSR count). The van der Waals surface area contributed by atoms with Gasteiger partial charge in [0.15, 0.2) is 0 Å². The van der Waals surface area contributed by atoms with Gasteiger partial charge in [0.05, 0.1) is 0 Å². The molecule has 0 unspecified atom stereocenters. The minimum absolute atomic E-state index is 0.00347. The van der Waals surface area contributed by atoms with Crippen molar-refractivity contribution in [2.45, 2.75) is 45.1 Å². The molecule has 6 nitrogen and oxygen atoms in total. The van der Waals surface area contributed by atoms with E-state index in [0.29, 0.717) is 24.8 Å². The van der Waals surface area contributed by atoms with Crippen LogP contribution in [-0.2, 0) is 16.0 Å². The number of amides is 2. The monoisotopic (exact) mass is 304 g/mol. The number of fused-ring (bicyclic) bond motifs is 1. The highest BCUT2D eigenvalue weighted by Crippen LogP contribution is 2.24. The van der Waals surface area contributed by atoms with Crippen LogP contribution in [0.2, 0.25) is 0 Å². The van der Waals surface area contributed by atoms with Gasteiger partial charge in [0.25, 0.3) is 5.91 Å². The number of aryl methyl sites for hydroxylation is 1. The van der Waals surface area contributed by atoms with Crippen molar-refractivity contribution in [3.8, 4) is 0 Å². The molecule has 0 saturated heterocycles. The fraction of sp³-hybridized carbons (Fsp3) is 0.438. The Bertz CT molecular complexity index is 623. The zero-order valence-electron chi connectivity index (χ0n) is 12.7. The van der Waals surface area contributed by atoms with Gasteiger partial charge < -0.3 is 15.7 Å². The summed E-state index contributed by atoms with van der Waals surface area (Å²) in [4.78, 5) is 34.3. The SMILES string of the molecule is CC(C)(CCC(=O)O)NC(=O)c1ccc2c(c1)CCC(=O)N2. The lowest BCUT2D eigenvalue weighted by Gasteiger charge is -2.26. The molecule has 1 heterocycles. The third kappa shape index (κ3) is 4.07. The number of carbonyl (C=O) groups excluding carboxylic acids is 2. The molecule has 0 spiro atoms. The molecule has 0 atom stereocenters. The Morgan fingerprint density at radius 2 is 2.05 bits per heavy atom. The van der Waals surface area contributed by atoms with Gasteiger partial charge >= 0.3 is 5.97 Å². The Labute approximate surface area is 128 Å². The molecular weight excluding hydrogens is 284 g/mol. The summed E-state index contributed by atoms with van der Waals surface area (Å²) in [6, 6.07) is 5.16. The maximum Gasteiger partial charge on any atom is 0.303 e. The van der Waals surface area contributed by atoms with Gasteiger partial charge in [0, 0.05) is 29.6 Å². The van der Waals surface area contributed by atoms with E-state index in [4.69, 9.17) is 5.11 Å². The summed E-state index contributed by atoms with van der Waals surface area (Å²) in [6.45, 7) is 3.60. The third-order valence-electron chi connectivity index (χ3n) is 3.68. The number of rotatable bonds is 5. The van der Waals surface area contributed by atoms with Gasteiger partial charge in [-0.2, -0.15) is 0 Å². The number of hydrogen-bond donors (Lipinski definition) is 3. The largest absolute Gasteiger partial charge is 0.481 e. The zero-order valence-corrected chi connectivity index (χ0v) is 12.7. The summed E-state index contributed by atoms with van der Waals surface area (Å²) in [7, 11) is 0. The van der Waals surface area contributed by atoms with Crippen LogP contribution in [0.3, 0.4) is 0 Å². The van der Waals surface area contributed by atoms with E-state index in [1.54, 1.807) is 32.0 Å². The molecule has 1 aliphatic heterocycles. The molecule has 0 saturated carbocycles. The summed E-state index contributed by atoms with van der Waals surface area (Å²) < 4.78 is 0. The van der Waals surface area contributed by atoms with E-state index in [-0.39, 0.29) is 18.2 Å². The molecule has 1 aromatic carbocycles. The highest BCUT2D eigenvalue weighted by Gasteiger charge is 2.23. The van der Waals surface area contributed by atoms with Gasteiger partial charge in [0.1, 0.15) is 0 Å². The number of anilines is 1. The predicted molar refractivity (Wildman–Crippen MR) is 81.8 cm³/mol. The molecule has 1 aromatic rings. The van der Waals surface area contributed by atoms with Crippen molar-refractivity contribution in [3.05, 3.63) is 29.3 Å². The molecule has 0 aliphatic carbocycles. The number of carboxylic acids is 1. The molecule has 0 radical (unpaired) electrons. The van der Waals surface area contributed by atoms with Crippen LogP contribution in [0.5, 0.6) is 0 Å². The van der Waals surface area contributed by atoms with Crippen LogP contribution in [0.15, 0.2) is 18.2 Å². The van der Waals surface area contributed by atoms with Gasteiger partial charge in [0.2, 0.25) is 5.91 Å². The van der Waals surface area contributed by atoms with Gasteiger partial charge in [-0.3, -0.25) is 14.4 Å². The van der Waals surface area contributed by atoms with E-state index in [1.807, 2.05) is 0 Å². The van der Waals surface area contributed by atoms with Gasteiger partial charge in [-0.25, -0.2) is 0 Å². The maximum atomic E-state index is 12.3. The lowest BCUT2D eigenvalue weighted by molar-refractivity contribution is -0.137. The van der Waals surface area contributed by atoms with Crippen LogP contribution in [0.4, 0.5) is 5.69 Å². The Kier molecular flexibility index (Phi) is 4.49. The topological polar surface area (TPSA) is 95.5 Å². The summed E-state index contributed by atoms with van der Waals surface area (Å²) in [6.07, 6.45) is 1.39. The first-order chi connectivity index (χ1) is 10.3. The van der Waals surface area contributed by atoms with E-state index in [2.05, 4.69) is 10.6 Å². The highest BCUT2D eigenvalue weighted by atomic mass is 16.4. The predicted octanol–water partition coefficient (Wildman–Crippen LogP) is 1.94. The first-order valence-corrected chi connectivity index (χ1v) is 7.24. The summed E-state index contributed by atoms with van der Waals surface area (Å²) >= 11 is 0. The van der Waals surface area contributed by atoms with Crippen LogP contribution in [-0.4, -0.2) is 28.4 Å². The Morgan fingerprint density at radius 3 is 2.73 bits per heavy atom. The van der Waals surface area contributed by atoms with Crippen LogP contribution in [0.25, 0.3) is 0 Å². The number of aliphatic carboxylic acids is 1. The van der Waals surface area contributed by atoms with Crippen molar-refractivity contribution in [1.82, 2.24) is 5.32 Å². The van der Waals surface area contributed by atoms with Crippen LogP contribution < -0.4 is 10.6 Å². The van der Waals surface area contributed by atoms with Gasteiger partial charge in [-0.15, -0.1) is 0 Å². The molecule has 3 N–H and O–H groups in total. The molecule has 1 aliphatic rings. The first kappa shape index (κ1) is 16.0. The smallest absolute Gasteiger partial charge is 0.303 e. The lowest BCUT2D eigenvalue weighted by Crippen LogP contribution is -2.43. The molecule has 0 aromatic heterocycles. The minimum atomic E-state index is -0.883. The van der Waals surface area contributed by atoms with Crippen LogP contribution in [0, 0.1) is 0 Å². The second kappa shape index (κ2) is 6.17. The van der Waals surface area contributed by atoms with E-state index in [9.17, 15) is 14.4 Å². The second-order valence-corrected chi connectivity index (χ2v) is 6.15. The fourth-order valence-electron chi connectivity index (χ4n) is 2.39. The summed E-state index contributed by atoms with van der Waals surface area (Å²) in [5, 5.41) is 14.4. The maximum absolute atomic E-state index is 12.3. The molecule has 0 fully saturated rings. The average molecular weight is 304 g/mol. The number of hydrogen-bond acceptors (Lipinski definition) is 3. The van der Waals surface area contributed by atoms with Crippen molar-refractivity contribution < 1.29 is 19.5 Å². The molecule has 22 heavy (non-hydrogen) atoms. The first-order valence-electron chi connectivity index (χ1n) is 7.24. The van der Waals surface area contributed by atoms with Crippen LogP contribution >= 0.6 is 0 Å². The normalized spacial score (nSPS) is 14.0. The average Bonchev–Trinajstić information content (AvgIpc) is 2.44. The number of nitrogens with one attached hydrogen (secondary N) is 2. The van der Waals surface area contributed by atoms with Crippen molar-refractivity contribution in [1.29, 1.82) is 0 Å². The number of carbonyl (C=O) groups is 3. The number of benzene rings is 1. The molecule has 6 heteroatoms. The van der Waals surface area contributed by atoms with E-state index in [0.717, 1.165) is 11.3 Å². The minimum Gasteiger partial charge on any atom is -0.481 e. The van der Waals surface area contributed by atoms with Gasteiger partial charge in [-0.1, -0.05) is 0 Å². The summed E-state index contributed by atoms with van der Waals surface area (Å²) in [5.41, 5.74) is 1.60. The zero-order chi connectivity index (χ0) is 16.3. The van der Waals surface area contributed by atoms with Crippen molar-refractivity contribution in [2.75, 3.05) is 5.32 Å². The molecule has 118 valence electrons. The van der Waals surface area contributed by atoms with E-state index >= 15 is 0 Å². The van der Waals surface area contributed by atoms with E-state index < -0.39 is 11.5 Å². The second-order valence-electron chi connectivity index (χ2n) is 6.15. The third-order valence-corrected chi connectivity index (χ3v) is 3.68. The van der Waals surface area contributed by atoms with E-state index in [1.165, 1.54) is 0 Å². The Hall–Kier alpha value is -2.37. The highest BCUT2D eigenvalue weighted by molar-refractivity contribution is 5.98. The van der Waals surface area contributed by atoms with Crippen molar-refractivity contribution in [2.24, 2.45) is 0 Å². The van der Waals surface area contributed by atoms with Gasteiger partial charge in [-0.05, 0) is 50.5 Å². The van der Waals surface area contributed by atoms with Crippen LogP contribution in [0.1, 0.15) is 49.0 Å². The standard InChI is InChI=1S/C16H20N2O4/c1-16(2,8-7-14(20)21)18-15(22)11-3-5-12-10(9-11)4-6-13(19)17-12/h3,5,9H,4,6-8H2,1-2H3,(H,17,19)(H,18,22)(H,20,21). The van der Waals surface area contributed by atoms with Crippen molar-refractivity contribution >= 4 is 23.5 Å². The quantitative estimate of drug-likeness (QED) is 0.774. The lowest BCUT2D eigenvalue weighted by atomic mass is 9.96. The molecule has 2 amide bonds. The molecule has 0 bridgehead atoms. The van der Waals surface area contributed by atoms with Crippen molar-refractivity contribution in [3.63, 3.8) is 0 Å². The Morgan fingerprint density at radius 1 is 1.32 bits per heavy atom. The Balaban J connectivity index is 2.07. The summed E-state index contributed by atoms with van der Waals surface area (Å²) in [5.74, 6) is -1.14. The number of carboxylic acid groups (broad SMARTS) is 1. The fourth-order valence-corrected chi connectivity index (χ4v) is 2.39.